The Morgan fingerprint density at radius 2 is 1.76 bits per heavy atom. The van der Waals surface area contributed by atoms with Crippen LogP contribution in [0.5, 0.6) is 5.75 Å². The Morgan fingerprint density at radius 3 is 2.32 bits per heavy atom. The van der Waals surface area contributed by atoms with Gasteiger partial charge in [0.15, 0.2) is 0 Å². The van der Waals surface area contributed by atoms with E-state index in [0.717, 1.165) is 31.2 Å². The lowest BCUT2D eigenvalue weighted by molar-refractivity contribution is -0.141. The van der Waals surface area contributed by atoms with E-state index in [4.69, 9.17) is 10.00 Å². The summed E-state index contributed by atoms with van der Waals surface area (Å²) in [6.45, 7) is -0.0127. The number of nitriles is 1. The highest BCUT2D eigenvalue weighted by Crippen LogP contribution is 2.37. The zero-order valence-electron chi connectivity index (χ0n) is 14.1. The Morgan fingerprint density at radius 1 is 1.16 bits per heavy atom. The molecule has 6 heteroatoms. The van der Waals surface area contributed by atoms with Gasteiger partial charge in [0.05, 0.1) is 30.9 Å². The van der Waals surface area contributed by atoms with Gasteiger partial charge in [0.1, 0.15) is 18.5 Å². The molecule has 1 saturated heterocycles. The van der Waals surface area contributed by atoms with Gasteiger partial charge in [-0.3, -0.25) is 14.5 Å². The van der Waals surface area contributed by atoms with Crippen LogP contribution < -0.4 is 4.74 Å². The molecule has 25 heavy (non-hydrogen) atoms. The van der Waals surface area contributed by atoms with E-state index in [2.05, 4.69) is 6.07 Å². The zero-order chi connectivity index (χ0) is 17.8. The maximum absolute atomic E-state index is 12.4. The minimum atomic E-state index is -0.924. The third kappa shape index (κ3) is 3.83. The number of hydrogen-bond donors (Lipinski definition) is 1. The monoisotopic (exact) mass is 342 g/mol. The lowest BCUT2D eigenvalue weighted by Crippen LogP contribution is -2.40. The second kappa shape index (κ2) is 7.66. The lowest BCUT2D eigenvalue weighted by atomic mass is 9.81. The van der Waals surface area contributed by atoms with Crippen molar-refractivity contribution in [3.8, 4) is 11.8 Å². The van der Waals surface area contributed by atoms with Crippen molar-refractivity contribution in [1.82, 2.24) is 4.90 Å². The topological polar surface area (TPSA) is 90.6 Å². The molecular formula is C19H22N2O4. The number of carbonyl (C=O) groups is 2. The van der Waals surface area contributed by atoms with Gasteiger partial charge in [-0.2, -0.15) is 5.26 Å². The van der Waals surface area contributed by atoms with Crippen molar-refractivity contribution in [1.29, 1.82) is 5.26 Å². The number of fused-ring (bicyclic) bond motifs is 1. The summed E-state index contributed by atoms with van der Waals surface area (Å²) >= 11 is 0. The highest BCUT2D eigenvalue weighted by Gasteiger charge is 2.48. The van der Waals surface area contributed by atoms with Gasteiger partial charge in [-0.05, 0) is 30.5 Å². The molecular weight excluding hydrogens is 320 g/mol. The van der Waals surface area contributed by atoms with Crippen molar-refractivity contribution in [3.63, 3.8) is 0 Å². The summed E-state index contributed by atoms with van der Waals surface area (Å²) in [7, 11) is 0. The predicted molar refractivity (Wildman–Crippen MR) is 89.4 cm³/mol. The smallest absolute Gasteiger partial charge is 0.233 e. The average Bonchev–Trinajstić information content (AvgIpc) is 2.87. The number of hydrogen-bond acceptors (Lipinski definition) is 5. The van der Waals surface area contributed by atoms with Gasteiger partial charge < -0.3 is 9.84 Å². The third-order valence-electron chi connectivity index (χ3n) is 4.97. The molecule has 1 aromatic rings. The van der Waals surface area contributed by atoms with Crippen LogP contribution >= 0.6 is 0 Å². The normalized spacial score (nSPS) is 23.9. The van der Waals surface area contributed by atoms with Crippen LogP contribution in [-0.2, 0) is 16.0 Å². The molecule has 1 aliphatic heterocycles. The summed E-state index contributed by atoms with van der Waals surface area (Å²) in [4.78, 5) is 26.0. The quantitative estimate of drug-likeness (QED) is 0.794. The number of carbonyl (C=O) groups excluding carboxylic acids is 2. The summed E-state index contributed by atoms with van der Waals surface area (Å²) in [6.07, 6.45) is 2.93. The number of β-amino-alcohol motifs (C(OH)–C–C–N with tert-alkyl or cyclic N) is 1. The lowest BCUT2D eigenvalue weighted by Gasteiger charge is -2.19. The van der Waals surface area contributed by atoms with Crippen LogP contribution in [0.15, 0.2) is 24.3 Å². The van der Waals surface area contributed by atoms with Gasteiger partial charge >= 0.3 is 0 Å². The zero-order valence-corrected chi connectivity index (χ0v) is 14.1. The summed E-state index contributed by atoms with van der Waals surface area (Å²) in [6, 6.07) is 9.14. The van der Waals surface area contributed by atoms with E-state index in [-0.39, 0.29) is 36.8 Å². The van der Waals surface area contributed by atoms with Crippen molar-refractivity contribution < 1.29 is 19.4 Å². The van der Waals surface area contributed by atoms with E-state index in [1.54, 1.807) is 24.3 Å². The first-order chi connectivity index (χ1) is 12.1. The molecule has 2 amide bonds. The molecule has 3 unspecified atom stereocenters. The molecule has 3 atom stereocenters. The molecule has 1 saturated carbocycles. The summed E-state index contributed by atoms with van der Waals surface area (Å²) < 4.78 is 5.52. The Hall–Kier alpha value is -2.39. The summed E-state index contributed by atoms with van der Waals surface area (Å²) in [5, 5.41) is 18.8. The molecule has 0 bridgehead atoms. The van der Waals surface area contributed by atoms with Crippen LogP contribution in [0.1, 0.15) is 31.2 Å². The number of aliphatic hydroxyl groups is 1. The van der Waals surface area contributed by atoms with Crippen LogP contribution in [0.2, 0.25) is 0 Å². The number of nitrogens with zero attached hydrogens (tertiary/aromatic N) is 2. The maximum atomic E-state index is 12.4. The van der Waals surface area contributed by atoms with Crippen molar-refractivity contribution in [2.75, 3.05) is 13.2 Å². The fraction of sp³-hybridized carbons (Fsp3) is 0.526. The third-order valence-corrected chi connectivity index (χ3v) is 4.97. The second-order valence-corrected chi connectivity index (χ2v) is 6.73. The van der Waals surface area contributed by atoms with Crippen molar-refractivity contribution in [2.45, 2.75) is 38.2 Å². The number of likely N-dealkylation sites (tertiary alicyclic amines) is 1. The first-order valence-corrected chi connectivity index (χ1v) is 8.72. The Labute approximate surface area is 147 Å². The van der Waals surface area contributed by atoms with E-state index < -0.39 is 6.10 Å². The molecule has 0 aromatic heterocycles. The molecule has 132 valence electrons. The van der Waals surface area contributed by atoms with Gasteiger partial charge in [0.25, 0.3) is 0 Å². The van der Waals surface area contributed by atoms with Crippen molar-refractivity contribution in [3.05, 3.63) is 29.8 Å². The fourth-order valence-corrected chi connectivity index (χ4v) is 3.66. The van der Waals surface area contributed by atoms with Crippen LogP contribution in [-0.4, -0.2) is 41.1 Å². The molecule has 2 fully saturated rings. The number of amides is 2. The summed E-state index contributed by atoms with van der Waals surface area (Å²) in [5.41, 5.74) is 0.895. The Balaban J connectivity index is 1.52. The highest BCUT2D eigenvalue weighted by atomic mass is 16.5. The van der Waals surface area contributed by atoms with Gasteiger partial charge in [0, 0.05) is 0 Å². The molecule has 0 radical (unpaired) electrons. The average molecular weight is 342 g/mol. The van der Waals surface area contributed by atoms with E-state index in [1.165, 1.54) is 4.90 Å². The molecule has 6 nitrogen and oxygen atoms in total. The number of imide groups is 1. The van der Waals surface area contributed by atoms with E-state index in [0.29, 0.717) is 12.2 Å². The van der Waals surface area contributed by atoms with E-state index in [1.807, 2.05) is 0 Å². The Bertz CT molecular complexity index is 656. The number of ether oxygens (including phenoxy) is 1. The second-order valence-electron chi connectivity index (χ2n) is 6.73. The van der Waals surface area contributed by atoms with Gasteiger partial charge in [-0.1, -0.05) is 25.0 Å². The predicted octanol–water partition coefficient (Wildman–Crippen LogP) is 1.67. The standard InChI is InChI=1S/C19H22N2O4/c20-10-9-13-5-7-15(8-6-13)25-12-14(22)11-21-18(23)16-3-1-2-4-17(16)19(21)24/h5-8,14,16-17,22H,1-4,9,11-12H2. The van der Waals surface area contributed by atoms with Crippen LogP contribution in [0.3, 0.4) is 0 Å². The molecule has 1 N–H and O–H groups in total. The van der Waals surface area contributed by atoms with Crippen LogP contribution in [0.4, 0.5) is 0 Å². The molecule has 1 heterocycles. The molecule has 1 aromatic carbocycles. The van der Waals surface area contributed by atoms with Crippen LogP contribution in [0.25, 0.3) is 0 Å². The minimum Gasteiger partial charge on any atom is -0.491 e. The maximum Gasteiger partial charge on any atom is 0.233 e. The van der Waals surface area contributed by atoms with Crippen LogP contribution in [0, 0.1) is 23.2 Å². The van der Waals surface area contributed by atoms with E-state index >= 15 is 0 Å². The van der Waals surface area contributed by atoms with Gasteiger partial charge in [-0.15, -0.1) is 0 Å². The van der Waals surface area contributed by atoms with Gasteiger partial charge in [0.2, 0.25) is 11.8 Å². The molecule has 3 rings (SSSR count). The molecule has 0 spiro atoms. The van der Waals surface area contributed by atoms with Gasteiger partial charge in [-0.25, -0.2) is 0 Å². The largest absolute Gasteiger partial charge is 0.491 e. The number of aliphatic hydroxyl groups excluding tert-OH is 1. The van der Waals surface area contributed by atoms with E-state index in [9.17, 15) is 14.7 Å². The minimum absolute atomic E-state index is 0.00396. The first kappa shape index (κ1) is 17.4. The highest BCUT2D eigenvalue weighted by molar-refractivity contribution is 6.05. The molecule has 1 aliphatic carbocycles. The SMILES string of the molecule is N#CCc1ccc(OCC(O)CN2C(=O)C3CCCCC3C2=O)cc1. The first-order valence-electron chi connectivity index (χ1n) is 8.72. The Kier molecular flexibility index (Phi) is 5.34. The number of rotatable bonds is 6. The number of benzene rings is 1. The fourth-order valence-electron chi connectivity index (χ4n) is 3.66. The summed E-state index contributed by atoms with van der Waals surface area (Å²) in [5.74, 6) is -0.0956. The van der Waals surface area contributed by atoms with Crippen molar-refractivity contribution in [2.24, 2.45) is 11.8 Å². The molecule has 2 aliphatic rings. The van der Waals surface area contributed by atoms with Crippen molar-refractivity contribution >= 4 is 11.8 Å².